The molecule has 4 N–H and O–H groups in total. The van der Waals surface area contributed by atoms with E-state index in [0.29, 0.717) is 17.0 Å². The molecule has 0 amide bonds. The lowest BCUT2D eigenvalue weighted by atomic mass is 9.93. The number of hydrogen-bond donors (Lipinski definition) is 3. The molecule has 45 heavy (non-hydrogen) atoms. The molecule has 4 heterocycles. The van der Waals surface area contributed by atoms with E-state index >= 15 is 0 Å². The number of nitrogen functional groups attached to an aromatic ring is 1. The zero-order valence-corrected chi connectivity index (χ0v) is 26.6. The van der Waals surface area contributed by atoms with Gasteiger partial charge in [-0.25, -0.2) is 9.55 Å². The minimum absolute atomic E-state index is 0.00362. The van der Waals surface area contributed by atoms with Gasteiger partial charge in [0.05, 0.1) is 30.2 Å². The first-order valence-corrected chi connectivity index (χ1v) is 16.1. The lowest BCUT2D eigenvalue weighted by Crippen LogP contribution is -2.43. The summed E-state index contributed by atoms with van der Waals surface area (Å²) in [6.45, 7) is 7.31. The number of rotatable bonds is 12. The molecule has 2 saturated heterocycles. The summed E-state index contributed by atoms with van der Waals surface area (Å²) >= 11 is 6.24. The fourth-order valence-corrected chi connectivity index (χ4v) is 6.70. The summed E-state index contributed by atoms with van der Waals surface area (Å²) in [6.07, 6.45) is -1.81. The zero-order valence-electron chi connectivity index (χ0n) is 25.0. The second-order valence-corrected chi connectivity index (χ2v) is 13.2. The summed E-state index contributed by atoms with van der Waals surface area (Å²) in [4.78, 5) is 30.6. The van der Waals surface area contributed by atoms with E-state index in [1.807, 2.05) is 4.90 Å². The Morgan fingerprint density at radius 3 is 2.73 bits per heavy atom. The maximum atomic E-state index is 14.1. The highest BCUT2D eigenvalue weighted by Gasteiger charge is 2.55. The molecule has 1 aromatic carbocycles. The van der Waals surface area contributed by atoms with Gasteiger partial charge in [-0.3, -0.25) is 13.9 Å². The number of halogens is 1. The van der Waals surface area contributed by atoms with Crippen LogP contribution in [0.3, 0.4) is 0 Å². The van der Waals surface area contributed by atoms with Crippen molar-refractivity contribution in [2.24, 2.45) is 5.11 Å². The molecule has 0 bridgehead atoms. The standard InChI is InChI=1S/C26H34ClN10O7P/c1-14(2)42-23(39)15(3)33-45(40,44-17-9-6-5-8-16(17)27)41-12-18-20(38)26(4,34-35-29)24(43-18)37-13-30-19-21(36-10-7-11-36)31-25(28)32-22(19)37/h5-6,8-9,13-15,18,20,24,38H,7,10-12H2,1-4H3,(H,33,40)(H2,28,31,32)/t15-,18+,20+,24+,26+,45?/m0/s1. The lowest BCUT2D eigenvalue weighted by Gasteiger charge is -2.32. The molecule has 0 spiro atoms. The van der Waals surface area contributed by atoms with Crippen LogP contribution in [0.5, 0.6) is 5.75 Å². The van der Waals surface area contributed by atoms with Crippen molar-refractivity contribution in [2.45, 2.75) is 70.2 Å². The van der Waals surface area contributed by atoms with Crippen molar-refractivity contribution in [3.63, 3.8) is 0 Å². The van der Waals surface area contributed by atoms with Gasteiger partial charge < -0.3 is 29.7 Å². The SMILES string of the molecule is CC(C)OC(=O)[C@H](C)NP(=O)(OC[C@H]1O[C@@H](n2cnc3c(N4CCC4)nc(N)nc32)[C@](C)(N=[N+]=[N-])[C@@H]1O)Oc1ccccc1Cl. The van der Waals surface area contributed by atoms with Gasteiger partial charge in [-0.15, -0.1) is 0 Å². The van der Waals surface area contributed by atoms with Crippen LogP contribution in [0.2, 0.25) is 5.02 Å². The van der Waals surface area contributed by atoms with Crippen molar-refractivity contribution in [2.75, 3.05) is 30.3 Å². The Balaban J connectivity index is 1.43. The van der Waals surface area contributed by atoms with Crippen LogP contribution in [0.25, 0.3) is 21.6 Å². The van der Waals surface area contributed by atoms with Crippen molar-refractivity contribution in [3.05, 3.63) is 46.1 Å². The first kappa shape index (κ1) is 32.7. The van der Waals surface area contributed by atoms with E-state index in [1.54, 1.807) is 26.0 Å². The van der Waals surface area contributed by atoms with Crippen molar-refractivity contribution < 1.29 is 33.0 Å². The van der Waals surface area contributed by atoms with E-state index in [9.17, 15) is 20.0 Å². The summed E-state index contributed by atoms with van der Waals surface area (Å²) < 4.78 is 38.4. The average Bonchev–Trinajstić information content (AvgIpc) is 3.46. The second kappa shape index (κ2) is 13.0. The Kier molecular flexibility index (Phi) is 9.42. The molecule has 0 aliphatic carbocycles. The van der Waals surface area contributed by atoms with Gasteiger partial charge >= 0.3 is 13.7 Å². The number of imidazole rings is 1. The molecule has 2 aromatic heterocycles. The summed E-state index contributed by atoms with van der Waals surface area (Å²) in [5.74, 6) is -0.121. The van der Waals surface area contributed by atoms with E-state index in [0.717, 1.165) is 19.5 Å². The number of benzene rings is 1. The molecule has 5 rings (SSSR count). The van der Waals surface area contributed by atoms with Gasteiger partial charge in [0.1, 0.15) is 23.4 Å². The van der Waals surface area contributed by atoms with Crippen LogP contribution in [0.4, 0.5) is 11.8 Å². The number of carbonyl (C=O) groups excluding carboxylic acids is 1. The molecule has 242 valence electrons. The summed E-state index contributed by atoms with van der Waals surface area (Å²) in [5, 5.41) is 18.0. The van der Waals surface area contributed by atoms with Crippen LogP contribution in [0.1, 0.15) is 40.3 Å². The van der Waals surface area contributed by atoms with Crippen LogP contribution in [-0.2, 0) is 23.4 Å². The van der Waals surface area contributed by atoms with Crippen LogP contribution in [0.15, 0.2) is 35.7 Å². The highest BCUT2D eigenvalue weighted by Crippen LogP contribution is 2.49. The van der Waals surface area contributed by atoms with Gasteiger partial charge in [0, 0.05) is 18.0 Å². The Hall–Kier alpha value is -3.69. The number of nitrogens with zero attached hydrogens (tertiary/aromatic N) is 8. The van der Waals surface area contributed by atoms with Crippen molar-refractivity contribution in [1.82, 2.24) is 24.6 Å². The van der Waals surface area contributed by atoms with Gasteiger partial charge in [0.15, 0.2) is 23.2 Å². The molecule has 3 aromatic rings. The number of carbonyl (C=O) groups is 1. The predicted octanol–water partition coefficient (Wildman–Crippen LogP) is 3.73. The molecule has 1 unspecified atom stereocenters. The third kappa shape index (κ3) is 6.65. The second-order valence-electron chi connectivity index (χ2n) is 11.1. The van der Waals surface area contributed by atoms with E-state index in [2.05, 4.69) is 30.1 Å². The van der Waals surface area contributed by atoms with E-state index in [1.165, 1.54) is 36.9 Å². The number of nitrogens with two attached hydrogens (primary N) is 1. The number of azide groups is 1. The van der Waals surface area contributed by atoms with E-state index in [-0.39, 0.29) is 16.7 Å². The number of nitrogens with one attached hydrogen (secondary N) is 1. The molecule has 6 atom stereocenters. The minimum Gasteiger partial charge on any atom is -0.462 e. The number of ether oxygens (including phenoxy) is 2. The highest BCUT2D eigenvalue weighted by molar-refractivity contribution is 7.52. The van der Waals surface area contributed by atoms with Gasteiger partial charge in [-0.2, -0.15) is 15.1 Å². The van der Waals surface area contributed by atoms with Crippen LogP contribution in [0, 0.1) is 0 Å². The number of aliphatic hydroxyl groups excluding tert-OH is 1. The van der Waals surface area contributed by atoms with Crippen LogP contribution in [-0.4, -0.2) is 80.2 Å². The van der Waals surface area contributed by atoms with Crippen molar-refractivity contribution >= 4 is 48.2 Å². The number of para-hydroxylation sites is 1. The average molecular weight is 665 g/mol. The molecular formula is C26H34ClN10O7P. The highest BCUT2D eigenvalue weighted by atomic mass is 35.5. The Bertz CT molecular complexity index is 1670. The van der Waals surface area contributed by atoms with Gasteiger partial charge in [-0.1, -0.05) is 28.8 Å². The molecule has 0 radical (unpaired) electrons. The first-order chi connectivity index (χ1) is 21.3. The maximum absolute atomic E-state index is 14.1. The zero-order chi connectivity index (χ0) is 32.5. The molecule has 2 aliphatic heterocycles. The lowest BCUT2D eigenvalue weighted by molar-refractivity contribution is -0.149. The van der Waals surface area contributed by atoms with Crippen LogP contribution < -0.4 is 20.2 Å². The first-order valence-electron chi connectivity index (χ1n) is 14.2. The summed E-state index contributed by atoms with van der Waals surface area (Å²) in [6, 6.07) is 5.14. The monoisotopic (exact) mass is 664 g/mol. The molecule has 19 heteroatoms. The van der Waals surface area contributed by atoms with Gasteiger partial charge in [0.25, 0.3) is 0 Å². The van der Waals surface area contributed by atoms with Crippen molar-refractivity contribution in [3.8, 4) is 5.75 Å². The topological polar surface area (TPSA) is 225 Å². The number of esters is 1. The molecule has 2 aliphatic rings. The molecule has 2 fully saturated rings. The Labute approximate surface area is 263 Å². The number of anilines is 2. The predicted molar refractivity (Wildman–Crippen MR) is 163 cm³/mol. The Morgan fingerprint density at radius 2 is 2.09 bits per heavy atom. The number of aliphatic hydroxyl groups is 1. The van der Waals surface area contributed by atoms with Gasteiger partial charge in [0.2, 0.25) is 5.95 Å². The third-order valence-electron chi connectivity index (χ3n) is 7.36. The number of hydrogen-bond acceptors (Lipinski definition) is 13. The summed E-state index contributed by atoms with van der Waals surface area (Å²) in [5.41, 5.74) is 14.6. The fourth-order valence-electron chi connectivity index (χ4n) is 4.95. The maximum Gasteiger partial charge on any atom is 0.459 e. The smallest absolute Gasteiger partial charge is 0.459 e. The van der Waals surface area contributed by atoms with Crippen molar-refractivity contribution in [1.29, 1.82) is 0 Å². The fraction of sp³-hybridized carbons (Fsp3) is 0.538. The minimum atomic E-state index is -4.39. The third-order valence-corrected chi connectivity index (χ3v) is 9.31. The van der Waals surface area contributed by atoms with E-state index < -0.39 is 56.4 Å². The van der Waals surface area contributed by atoms with Crippen LogP contribution >= 0.6 is 19.3 Å². The quantitative estimate of drug-likeness (QED) is 0.0825. The molecular weight excluding hydrogens is 631 g/mol. The molecule has 17 nitrogen and oxygen atoms in total. The number of fused-ring (bicyclic) bond motifs is 1. The summed E-state index contributed by atoms with van der Waals surface area (Å²) in [7, 11) is -4.39. The number of aromatic nitrogens is 4. The normalized spacial score (nSPS) is 25.0. The molecule has 0 saturated carbocycles. The van der Waals surface area contributed by atoms with Gasteiger partial charge in [-0.05, 0) is 51.8 Å². The largest absolute Gasteiger partial charge is 0.462 e. The Morgan fingerprint density at radius 1 is 1.36 bits per heavy atom. The van der Waals surface area contributed by atoms with E-state index in [4.69, 9.17) is 35.9 Å².